The summed E-state index contributed by atoms with van der Waals surface area (Å²) in [6.07, 6.45) is 0. The SMILES string of the molecule is COc1cccc(NC(=O)CSCc2nc3c(nnn3Cc3ccc(F)cc3)c(=O)[nH]2)c1. The smallest absolute Gasteiger partial charge is 0.281 e. The molecule has 2 N–H and O–H groups in total. The minimum atomic E-state index is -0.406. The van der Waals surface area contributed by atoms with E-state index in [1.807, 2.05) is 0 Å². The Labute approximate surface area is 186 Å². The van der Waals surface area contributed by atoms with Crippen molar-refractivity contribution in [3.8, 4) is 5.75 Å². The molecule has 2 heterocycles. The third-order valence-corrected chi connectivity index (χ3v) is 5.44. The van der Waals surface area contributed by atoms with Crippen LogP contribution in [0.1, 0.15) is 11.4 Å². The van der Waals surface area contributed by atoms with E-state index >= 15 is 0 Å². The molecule has 0 radical (unpaired) electrons. The zero-order chi connectivity index (χ0) is 22.5. The molecule has 0 atom stereocenters. The van der Waals surface area contributed by atoms with Crippen molar-refractivity contribution in [1.82, 2.24) is 25.0 Å². The Morgan fingerprint density at radius 2 is 2.06 bits per heavy atom. The van der Waals surface area contributed by atoms with E-state index in [1.165, 1.54) is 28.6 Å². The van der Waals surface area contributed by atoms with E-state index < -0.39 is 5.56 Å². The number of aromatic amines is 1. The lowest BCUT2D eigenvalue weighted by molar-refractivity contribution is -0.113. The number of anilines is 1. The van der Waals surface area contributed by atoms with Crippen LogP contribution in [0.25, 0.3) is 11.2 Å². The predicted octanol–water partition coefficient (Wildman–Crippen LogP) is 2.58. The Hall–Kier alpha value is -3.73. The third-order valence-electron chi connectivity index (χ3n) is 4.49. The van der Waals surface area contributed by atoms with Crippen molar-refractivity contribution >= 4 is 34.5 Å². The second kappa shape index (κ2) is 9.60. The van der Waals surface area contributed by atoms with E-state index in [-0.39, 0.29) is 23.0 Å². The first-order valence-corrected chi connectivity index (χ1v) is 10.8. The summed E-state index contributed by atoms with van der Waals surface area (Å²) in [5.41, 5.74) is 1.48. The molecular formula is C21H19FN6O3S. The van der Waals surface area contributed by atoms with Crippen LogP contribution in [-0.2, 0) is 17.1 Å². The molecule has 0 saturated heterocycles. The lowest BCUT2D eigenvalue weighted by Crippen LogP contribution is -2.16. The molecule has 11 heteroatoms. The van der Waals surface area contributed by atoms with Gasteiger partial charge in [0.15, 0.2) is 11.2 Å². The van der Waals surface area contributed by atoms with Gasteiger partial charge in [0.25, 0.3) is 5.56 Å². The molecule has 1 amide bonds. The number of fused-ring (bicyclic) bond motifs is 1. The fourth-order valence-corrected chi connectivity index (χ4v) is 3.68. The number of benzene rings is 2. The summed E-state index contributed by atoms with van der Waals surface area (Å²) in [5, 5.41) is 10.7. The van der Waals surface area contributed by atoms with Crippen molar-refractivity contribution in [1.29, 1.82) is 0 Å². The number of thioether (sulfide) groups is 1. The van der Waals surface area contributed by atoms with E-state index in [0.29, 0.717) is 35.2 Å². The van der Waals surface area contributed by atoms with Gasteiger partial charge in [0.05, 0.1) is 25.2 Å². The third kappa shape index (κ3) is 5.11. The summed E-state index contributed by atoms with van der Waals surface area (Å²) >= 11 is 1.31. The maximum Gasteiger partial charge on any atom is 0.281 e. The van der Waals surface area contributed by atoms with Gasteiger partial charge in [-0.25, -0.2) is 14.1 Å². The molecule has 4 aromatic rings. The highest BCUT2D eigenvalue weighted by atomic mass is 32.2. The van der Waals surface area contributed by atoms with Crippen LogP contribution >= 0.6 is 11.8 Å². The molecule has 0 fully saturated rings. The number of hydrogen-bond acceptors (Lipinski definition) is 7. The van der Waals surface area contributed by atoms with Gasteiger partial charge in [-0.1, -0.05) is 23.4 Å². The Kier molecular flexibility index (Phi) is 6.45. The fraction of sp³-hybridized carbons (Fsp3) is 0.190. The first kappa shape index (κ1) is 21.5. The van der Waals surface area contributed by atoms with Gasteiger partial charge in [-0.15, -0.1) is 16.9 Å². The van der Waals surface area contributed by atoms with E-state index in [1.54, 1.807) is 43.5 Å². The number of methoxy groups -OCH3 is 1. The zero-order valence-electron chi connectivity index (χ0n) is 17.0. The van der Waals surface area contributed by atoms with Gasteiger partial charge in [-0.05, 0) is 29.8 Å². The zero-order valence-corrected chi connectivity index (χ0v) is 17.9. The van der Waals surface area contributed by atoms with E-state index in [2.05, 4.69) is 25.6 Å². The summed E-state index contributed by atoms with van der Waals surface area (Å²) in [7, 11) is 1.56. The number of amides is 1. The number of H-pyrrole nitrogens is 1. The Morgan fingerprint density at radius 3 is 2.84 bits per heavy atom. The fourth-order valence-electron chi connectivity index (χ4n) is 2.99. The van der Waals surface area contributed by atoms with Crippen molar-refractivity contribution in [3.63, 3.8) is 0 Å². The van der Waals surface area contributed by atoms with Crippen LogP contribution in [0.4, 0.5) is 10.1 Å². The highest BCUT2D eigenvalue weighted by molar-refractivity contribution is 7.99. The summed E-state index contributed by atoms with van der Waals surface area (Å²) in [5.74, 6) is 1.03. The number of ether oxygens (including phenoxy) is 1. The number of hydrogen-bond donors (Lipinski definition) is 2. The molecule has 0 aliphatic heterocycles. The minimum Gasteiger partial charge on any atom is -0.497 e. The number of nitrogens with zero attached hydrogens (tertiary/aromatic N) is 4. The van der Waals surface area contributed by atoms with Gasteiger partial charge in [-0.2, -0.15) is 0 Å². The Balaban J connectivity index is 1.41. The molecule has 0 bridgehead atoms. The number of carbonyl (C=O) groups is 1. The monoisotopic (exact) mass is 454 g/mol. The van der Waals surface area contributed by atoms with Gasteiger partial charge in [0.1, 0.15) is 17.4 Å². The highest BCUT2D eigenvalue weighted by Crippen LogP contribution is 2.17. The molecule has 4 rings (SSSR count). The minimum absolute atomic E-state index is 0.122. The van der Waals surface area contributed by atoms with Crippen LogP contribution in [0.15, 0.2) is 53.3 Å². The van der Waals surface area contributed by atoms with Gasteiger partial charge in [-0.3, -0.25) is 9.59 Å². The average Bonchev–Trinajstić information content (AvgIpc) is 3.18. The average molecular weight is 454 g/mol. The summed E-state index contributed by atoms with van der Waals surface area (Å²) in [6.45, 7) is 0.294. The van der Waals surface area contributed by atoms with Crippen LogP contribution in [0.3, 0.4) is 0 Å². The summed E-state index contributed by atoms with van der Waals surface area (Å²) in [4.78, 5) is 31.7. The molecular weight excluding hydrogens is 435 g/mol. The van der Waals surface area contributed by atoms with Crippen LogP contribution in [0, 0.1) is 5.82 Å². The number of nitrogens with one attached hydrogen (secondary N) is 2. The first-order valence-electron chi connectivity index (χ1n) is 9.60. The molecule has 2 aromatic heterocycles. The van der Waals surface area contributed by atoms with Crippen LogP contribution in [0.5, 0.6) is 5.75 Å². The van der Waals surface area contributed by atoms with Crippen molar-refractivity contribution in [2.45, 2.75) is 12.3 Å². The first-order chi connectivity index (χ1) is 15.5. The van der Waals surface area contributed by atoms with Crippen molar-refractivity contribution in [2.75, 3.05) is 18.2 Å². The van der Waals surface area contributed by atoms with E-state index in [0.717, 1.165) is 5.56 Å². The van der Waals surface area contributed by atoms with Crippen LogP contribution in [0.2, 0.25) is 0 Å². The number of aromatic nitrogens is 5. The standard InChI is InChI=1S/C21H19FN6O3S/c1-31-16-4-2-3-15(9-16)23-18(29)12-32-11-17-24-20-19(21(30)25-17)26-27-28(20)10-13-5-7-14(22)8-6-13/h2-9H,10-12H2,1H3,(H,23,29)(H,24,25,30). The lowest BCUT2D eigenvalue weighted by Gasteiger charge is -2.07. The highest BCUT2D eigenvalue weighted by Gasteiger charge is 2.13. The quantitative estimate of drug-likeness (QED) is 0.421. The topological polar surface area (TPSA) is 115 Å². The molecule has 0 aliphatic rings. The molecule has 0 spiro atoms. The largest absolute Gasteiger partial charge is 0.497 e. The maximum absolute atomic E-state index is 13.1. The Bertz CT molecular complexity index is 1310. The van der Waals surface area contributed by atoms with Gasteiger partial charge in [0, 0.05) is 11.8 Å². The normalized spacial score (nSPS) is 10.9. The summed E-state index contributed by atoms with van der Waals surface area (Å²) < 4.78 is 19.8. The predicted molar refractivity (Wildman–Crippen MR) is 119 cm³/mol. The van der Waals surface area contributed by atoms with Gasteiger partial charge >= 0.3 is 0 Å². The molecule has 9 nitrogen and oxygen atoms in total. The number of halogens is 1. The van der Waals surface area contributed by atoms with E-state index in [9.17, 15) is 14.0 Å². The maximum atomic E-state index is 13.1. The molecule has 0 aliphatic carbocycles. The number of carbonyl (C=O) groups excluding carboxylic acids is 1. The van der Waals surface area contributed by atoms with Crippen LogP contribution in [-0.4, -0.2) is 43.7 Å². The van der Waals surface area contributed by atoms with Crippen LogP contribution < -0.4 is 15.6 Å². The second-order valence-corrected chi connectivity index (χ2v) is 7.82. The van der Waals surface area contributed by atoms with Crippen molar-refractivity contribution in [2.24, 2.45) is 0 Å². The summed E-state index contributed by atoms with van der Waals surface area (Å²) in [6, 6.07) is 13.0. The molecule has 0 saturated carbocycles. The van der Waals surface area contributed by atoms with E-state index in [4.69, 9.17) is 4.74 Å². The number of rotatable bonds is 8. The molecule has 32 heavy (non-hydrogen) atoms. The molecule has 164 valence electrons. The van der Waals surface area contributed by atoms with Crippen molar-refractivity contribution in [3.05, 3.63) is 76.1 Å². The molecule has 2 aromatic carbocycles. The van der Waals surface area contributed by atoms with Crippen molar-refractivity contribution < 1.29 is 13.9 Å². The second-order valence-electron chi connectivity index (χ2n) is 6.83. The lowest BCUT2D eigenvalue weighted by atomic mass is 10.2. The van der Waals surface area contributed by atoms with Gasteiger partial charge in [0.2, 0.25) is 5.91 Å². The van der Waals surface area contributed by atoms with Gasteiger partial charge < -0.3 is 15.0 Å². The Morgan fingerprint density at radius 1 is 1.25 bits per heavy atom. The molecule has 0 unspecified atom stereocenters.